The Hall–Kier alpha value is -2.81. The van der Waals surface area contributed by atoms with E-state index in [4.69, 9.17) is 5.11 Å². The van der Waals surface area contributed by atoms with Crippen molar-refractivity contribution < 1.29 is 22.7 Å². The van der Waals surface area contributed by atoms with E-state index in [1.54, 1.807) is 36.4 Å². The molecule has 0 aliphatic carbocycles. The molecule has 1 amide bonds. The first kappa shape index (κ1) is 18.0. The topological polar surface area (TPSA) is 81.2 Å². The van der Waals surface area contributed by atoms with E-state index < -0.39 is 22.1 Å². The van der Waals surface area contributed by atoms with Gasteiger partial charge in [-0.15, -0.1) is 0 Å². The third-order valence-electron chi connectivity index (χ3n) is 4.12. The van der Waals surface area contributed by atoms with Crippen LogP contribution in [0.25, 0.3) is 0 Å². The SMILES string of the molecule is CN(CCCN1c2cccc(F)c2N(c2ccccc2)S1(=O)=O)C(=O)O. The minimum Gasteiger partial charge on any atom is -0.465 e. The van der Waals surface area contributed by atoms with Crippen LogP contribution in [0.2, 0.25) is 0 Å². The number of benzene rings is 2. The summed E-state index contributed by atoms with van der Waals surface area (Å²) in [6.45, 7) is 0.205. The lowest BCUT2D eigenvalue weighted by molar-refractivity contribution is 0.156. The van der Waals surface area contributed by atoms with Crippen molar-refractivity contribution in [1.29, 1.82) is 0 Å². The Morgan fingerprint density at radius 3 is 2.50 bits per heavy atom. The van der Waals surface area contributed by atoms with Gasteiger partial charge in [0.25, 0.3) is 0 Å². The van der Waals surface area contributed by atoms with Crippen LogP contribution in [0.15, 0.2) is 48.5 Å². The first-order chi connectivity index (χ1) is 12.3. The van der Waals surface area contributed by atoms with Gasteiger partial charge in [0.1, 0.15) is 11.5 Å². The Bertz CT molecular complexity index is 921. The lowest BCUT2D eigenvalue weighted by atomic mass is 10.2. The summed E-state index contributed by atoms with van der Waals surface area (Å²) in [5.74, 6) is -0.639. The van der Waals surface area contributed by atoms with Gasteiger partial charge < -0.3 is 10.0 Å². The Balaban J connectivity index is 1.97. The quantitative estimate of drug-likeness (QED) is 0.866. The molecule has 26 heavy (non-hydrogen) atoms. The van der Waals surface area contributed by atoms with Crippen molar-refractivity contribution in [3.8, 4) is 0 Å². The summed E-state index contributed by atoms with van der Waals surface area (Å²) in [6.07, 6.45) is -0.813. The highest BCUT2D eigenvalue weighted by atomic mass is 32.2. The average molecular weight is 379 g/mol. The number of hydrogen-bond donors (Lipinski definition) is 1. The normalized spacial score (nSPS) is 15.0. The number of amides is 1. The largest absolute Gasteiger partial charge is 0.465 e. The fourth-order valence-corrected chi connectivity index (χ4v) is 4.61. The number of para-hydroxylation sites is 2. The molecule has 0 radical (unpaired) electrons. The zero-order chi connectivity index (χ0) is 18.9. The molecule has 0 saturated heterocycles. The van der Waals surface area contributed by atoms with Crippen molar-refractivity contribution in [2.24, 2.45) is 0 Å². The second-order valence-electron chi connectivity index (χ2n) is 5.85. The van der Waals surface area contributed by atoms with Gasteiger partial charge in [-0.05, 0) is 30.7 Å². The number of carbonyl (C=O) groups is 1. The van der Waals surface area contributed by atoms with Crippen LogP contribution >= 0.6 is 0 Å². The molecule has 1 aliphatic heterocycles. The molecule has 0 spiro atoms. The number of halogens is 1. The summed E-state index contributed by atoms with van der Waals surface area (Å²) in [5.41, 5.74) is 0.557. The molecule has 3 rings (SSSR count). The molecule has 0 saturated carbocycles. The van der Waals surface area contributed by atoms with E-state index in [-0.39, 0.29) is 30.9 Å². The Kier molecular flexibility index (Phi) is 4.73. The fourth-order valence-electron chi connectivity index (χ4n) is 2.85. The summed E-state index contributed by atoms with van der Waals surface area (Å²) in [5, 5.41) is 8.90. The van der Waals surface area contributed by atoms with E-state index in [0.29, 0.717) is 5.69 Å². The molecule has 138 valence electrons. The van der Waals surface area contributed by atoms with Crippen LogP contribution in [0.4, 0.5) is 26.2 Å². The van der Waals surface area contributed by atoms with E-state index in [9.17, 15) is 17.6 Å². The highest BCUT2D eigenvalue weighted by Gasteiger charge is 2.42. The van der Waals surface area contributed by atoms with Crippen LogP contribution in [-0.2, 0) is 10.2 Å². The predicted octanol–water partition coefficient (Wildman–Crippen LogP) is 3.03. The highest BCUT2D eigenvalue weighted by Crippen LogP contribution is 2.46. The monoisotopic (exact) mass is 379 g/mol. The highest BCUT2D eigenvalue weighted by molar-refractivity contribution is 7.95. The molecule has 0 unspecified atom stereocenters. The summed E-state index contributed by atoms with van der Waals surface area (Å²) in [6, 6.07) is 12.5. The maximum Gasteiger partial charge on any atom is 0.407 e. The van der Waals surface area contributed by atoms with Gasteiger partial charge in [0.2, 0.25) is 0 Å². The van der Waals surface area contributed by atoms with Crippen LogP contribution < -0.4 is 8.61 Å². The second-order valence-corrected chi connectivity index (χ2v) is 7.55. The summed E-state index contributed by atoms with van der Waals surface area (Å²) in [7, 11) is -2.61. The van der Waals surface area contributed by atoms with E-state index in [2.05, 4.69) is 0 Å². The van der Waals surface area contributed by atoms with E-state index in [1.807, 2.05) is 0 Å². The van der Waals surface area contributed by atoms with E-state index in [0.717, 1.165) is 13.5 Å². The molecule has 2 aromatic carbocycles. The molecule has 0 atom stereocenters. The smallest absolute Gasteiger partial charge is 0.407 e. The van der Waals surface area contributed by atoms with Crippen LogP contribution in [0.5, 0.6) is 0 Å². The van der Waals surface area contributed by atoms with Gasteiger partial charge in [-0.1, -0.05) is 24.3 Å². The van der Waals surface area contributed by atoms with Crippen LogP contribution in [0.3, 0.4) is 0 Å². The first-order valence-electron chi connectivity index (χ1n) is 7.94. The lowest BCUT2D eigenvalue weighted by Crippen LogP contribution is -2.37. The zero-order valence-electron chi connectivity index (χ0n) is 14.0. The number of hydrogen-bond acceptors (Lipinski definition) is 3. The number of carboxylic acid groups (broad SMARTS) is 1. The minimum atomic E-state index is -4.02. The molecular formula is C17H18FN3O4S. The molecule has 1 heterocycles. The third-order valence-corrected chi connectivity index (χ3v) is 5.91. The summed E-state index contributed by atoms with van der Waals surface area (Å²) < 4.78 is 42.7. The summed E-state index contributed by atoms with van der Waals surface area (Å²) >= 11 is 0. The molecule has 0 bridgehead atoms. The molecule has 0 aromatic heterocycles. The Labute approximate surface area is 151 Å². The molecular weight excluding hydrogens is 361 g/mol. The molecule has 1 aliphatic rings. The summed E-state index contributed by atoms with van der Waals surface area (Å²) in [4.78, 5) is 11.9. The predicted molar refractivity (Wildman–Crippen MR) is 96.5 cm³/mol. The number of anilines is 3. The van der Waals surface area contributed by atoms with Crippen LogP contribution in [0.1, 0.15) is 6.42 Å². The molecule has 7 nitrogen and oxygen atoms in total. The molecule has 2 aromatic rings. The van der Waals surface area contributed by atoms with E-state index in [1.165, 1.54) is 19.2 Å². The molecule has 0 fully saturated rings. The maximum absolute atomic E-state index is 14.5. The van der Waals surface area contributed by atoms with Crippen molar-refractivity contribution in [2.75, 3.05) is 28.7 Å². The van der Waals surface area contributed by atoms with Crippen molar-refractivity contribution in [3.63, 3.8) is 0 Å². The Morgan fingerprint density at radius 1 is 1.15 bits per heavy atom. The Morgan fingerprint density at radius 2 is 1.85 bits per heavy atom. The minimum absolute atomic E-state index is 0.0229. The van der Waals surface area contributed by atoms with Crippen molar-refractivity contribution in [2.45, 2.75) is 6.42 Å². The number of rotatable bonds is 5. The number of fused-ring (bicyclic) bond motifs is 1. The van der Waals surface area contributed by atoms with Gasteiger partial charge >= 0.3 is 16.3 Å². The average Bonchev–Trinajstić information content (AvgIpc) is 2.83. The van der Waals surface area contributed by atoms with Crippen molar-refractivity contribution >= 4 is 33.4 Å². The fraction of sp³-hybridized carbons (Fsp3) is 0.235. The van der Waals surface area contributed by atoms with Gasteiger partial charge in [0.15, 0.2) is 0 Å². The van der Waals surface area contributed by atoms with Crippen molar-refractivity contribution in [1.82, 2.24) is 4.90 Å². The lowest BCUT2D eigenvalue weighted by Gasteiger charge is -2.22. The van der Waals surface area contributed by atoms with Gasteiger partial charge in [-0.3, -0.25) is 4.31 Å². The standard InChI is InChI=1S/C17H18FN3O4S/c1-19(17(22)23)11-6-12-20-15-10-5-9-14(18)16(15)21(26(20,24)25)13-7-3-2-4-8-13/h2-5,7-10H,6,11-12H2,1H3,(H,22,23). The molecule has 9 heteroatoms. The van der Waals surface area contributed by atoms with Gasteiger partial charge in [0, 0.05) is 20.1 Å². The van der Waals surface area contributed by atoms with Gasteiger partial charge in [-0.2, -0.15) is 8.42 Å². The van der Waals surface area contributed by atoms with Crippen molar-refractivity contribution in [3.05, 3.63) is 54.3 Å². The number of nitrogens with zero attached hydrogens (tertiary/aromatic N) is 3. The molecule has 1 N–H and O–H groups in total. The maximum atomic E-state index is 14.5. The van der Waals surface area contributed by atoms with Crippen LogP contribution in [0, 0.1) is 5.82 Å². The van der Waals surface area contributed by atoms with E-state index >= 15 is 0 Å². The van der Waals surface area contributed by atoms with Gasteiger partial charge in [0.05, 0.1) is 11.4 Å². The van der Waals surface area contributed by atoms with Crippen LogP contribution in [-0.4, -0.2) is 44.7 Å². The zero-order valence-corrected chi connectivity index (χ0v) is 14.9. The second kappa shape index (κ2) is 6.83. The van der Waals surface area contributed by atoms with Gasteiger partial charge in [-0.25, -0.2) is 13.5 Å². The first-order valence-corrected chi connectivity index (χ1v) is 9.34. The third kappa shape index (κ3) is 3.05.